The summed E-state index contributed by atoms with van der Waals surface area (Å²) in [6.07, 6.45) is 3.94. The van der Waals surface area contributed by atoms with Gasteiger partial charge in [-0.15, -0.1) is 12.4 Å². The number of halogens is 1. The van der Waals surface area contributed by atoms with Crippen LogP contribution in [-0.4, -0.2) is 16.0 Å². The van der Waals surface area contributed by atoms with Gasteiger partial charge in [0.05, 0.1) is 5.54 Å². The fourth-order valence-electron chi connectivity index (χ4n) is 2.55. The molecule has 1 aromatic carbocycles. The Morgan fingerprint density at radius 3 is 2.38 bits per heavy atom. The molecule has 7 heteroatoms. The highest BCUT2D eigenvalue weighted by molar-refractivity contribution is 5.93. The molecule has 0 unspecified atom stereocenters. The Morgan fingerprint density at radius 2 is 1.81 bits per heavy atom. The molecule has 0 saturated heterocycles. The smallest absolute Gasteiger partial charge is 0.257 e. The van der Waals surface area contributed by atoms with Gasteiger partial charge in [-0.1, -0.05) is 18.0 Å². The third-order valence-electron chi connectivity index (χ3n) is 3.78. The summed E-state index contributed by atoms with van der Waals surface area (Å²) >= 11 is 0. The number of carbonyl (C=O) groups excluding carboxylic acids is 1. The summed E-state index contributed by atoms with van der Waals surface area (Å²) in [5.74, 6) is 0.506. The maximum absolute atomic E-state index is 11.0. The molecule has 6 nitrogen and oxygen atoms in total. The van der Waals surface area contributed by atoms with Gasteiger partial charge in [-0.3, -0.25) is 4.79 Å². The monoisotopic (exact) mass is 308 g/mol. The van der Waals surface area contributed by atoms with Crippen molar-refractivity contribution >= 4 is 18.3 Å². The summed E-state index contributed by atoms with van der Waals surface area (Å²) in [4.78, 5) is 15.4. The van der Waals surface area contributed by atoms with Gasteiger partial charge in [-0.2, -0.15) is 4.98 Å². The van der Waals surface area contributed by atoms with E-state index in [-0.39, 0.29) is 12.4 Å². The molecule has 3 rings (SSSR count). The molecule has 0 atom stereocenters. The van der Waals surface area contributed by atoms with Gasteiger partial charge in [0.1, 0.15) is 0 Å². The van der Waals surface area contributed by atoms with Crippen molar-refractivity contribution in [2.75, 3.05) is 0 Å². The zero-order chi connectivity index (χ0) is 14.2. The molecule has 2 aromatic rings. The highest BCUT2D eigenvalue weighted by atomic mass is 35.5. The average molecular weight is 309 g/mol. The van der Waals surface area contributed by atoms with E-state index in [0.29, 0.717) is 17.3 Å². The summed E-state index contributed by atoms with van der Waals surface area (Å²) in [7, 11) is 0. The quantitative estimate of drug-likeness (QED) is 0.901. The maximum atomic E-state index is 11.0. The van der Waals surface area contributed by atoms with Crippen LogP contribution in [0.25, 0.3) is 11.5 Å². The number of primary amides is 1. The lowest BCUT2D eigenvalue weighted by atomic mass is 9.99. The van der Waals surface area contributed by atoms with Crippen LogP contribution in [0.15, 0.2) is 28.8 Å². The first-order valence-corrected chi connectivity index (χ1v) is 6.62. The van der Waals surface area contributed by atoms with Gasteiger partial charge in [-0.25, -0.2) is 0 Å². The molecule has 1 aliphatic rings. The van der Waals surface area contributed by atoms with Crippen LogP contribution >= 0.6 is 12.4 Å². The molecule has 1 fully saturated rings. The lowest BCUT2D eigenvalue weighted by Gasteiger charge is -2.17. The SMILES string of the molecule is Cl.NC(=O)c1ccc(-c2nc(C3(N)CCCC3)no2)cc1. The van der Waals surface area contributed by atoms with Crippen LogP contribution in [0.1, 0.15) is 41.9 Å². The van der Waals surface area contributed by atoms with E-state index in [4.69, 9.17) is 16.0 Å². The third-order valence-corrected chi connectivity index (χ3v) is 3.78. The van der Waals surface area contributed by atoms with E-state index in [1.165, 1.54) is 0 Å². The van der Waals surface area contributed by atoms with Crippen LogP contribution in [0.4, 0.5) is 0 Å². The number of hydrogen-bond acceptors (Lipinski definition) is 5. The maximum Gasteiger partial charge on any atom is 0.257 e. The van der Waals surface area contributed by atoms with Gasteiger partial charge >= 0.3 is 0 Å². The standard InChI is InChI=1S/C14H16N4O2.ClH/c15-11(19)9-3-5-10(6-4-9)12-17-13(18-20-12)14(16)7-1-2-8-14;/h3-6H,1-2,7-8,16H2,(H2,15,19);1H. The molecule has 0 bridgehead atoms. The van der Waals surface area contributed by atoms with Crippen molar-refractivity contribution in [1.82, 2.24) is 10.1 Å². The van der Waals surface area contributed by atoms with E-state index in [0.717, 1.165) is 31.2 Å². The highest BCUT2D eigenvalue weighted by Crippen LogP contribution is 2.35. The second-order valence-corrected chi connectivity index (χ2v) is 5.23. The summed E-state index contributed by atoms with van der Waals surface area (Å²) < 4.78 is 5.27. The van der Waals surface area contributed by atoms with Crippen molar-refractivity contribution < 1.29 is 9.32 Å². The fourth-order valence-corrected chi connectivity index (χ4v) is 2.55. The highest BCUT2D eigenvalue weighted by Gasteiger charge is 2.36. The molecule has 4 N–H and O–H groups in total. The lowest BCUT2D eigenvalue weighted by Crippen LogP contribution is -2.34. The minimum Gasteiger partial charge on any atom is -0.366 e. The second kappa shape index (κ2) is 5.83. The number of nitrogens with two attached hydrogens (primary N) is 2. The predicted octanol–water partition coefficient (Wildman–Crippen LogP) is 1.99. The number of carbonyl (C=O) groups is 1. The molecule has 1 aliphatic carbocycles. The summed E-state index contributed by atoms with van der Waals surface area (Å²) in [6, 6.07) is 6.73. The van der Waals surface area contributed by atoms with Crippen molar-refractivity contribution in [1.29, 1.82) is 0 Å². The Hall–Kier alpha value is -1.92. The van der Waals surface area contributed by atoms with E-state index < -0.39 is 11.4 Å². The number of benzene rings is 1. The fraction of sp³-hybridized carbons (Fsp3) is 0.357. The van der Waals surface area contributed by atoms with Crippen LogP contribution in [0.5, 0.6) is 0 Å². The lowest BCUT2D eigenvalue weighted by molar-refractivity contribution is 0.100. The minimum absolute atomic E-state index is 0. The number of nitrogens with zero attached hydrogens (tertiary/aromatic N) is 2. The number of amides is 1. The number of rotatable bonds is 3. The van der Waals surface area contributed by atoms with E-state index in [1.54, 1.807) is 24.3 Å². The third kappa shape index (κ3) is 2.91. The Bertz CT molecular complexity index is 633. The molecule has 1 heterocycles. The zero-order valence-corrected chi connectivity index (χ0v) is 12.2. The van der Waals surface area contributed by atoms with Gasteiger partial charge in [0.25, 0.3) is 5.89 Å². The first-order chi connectivity index (χ1) is 9.58. The molecular formula is C14H17ClN4O2. The molecule has 21 heavy (non-hydrogen) atoms. The summed E-state index contributed by atoms with van der Waals surface area (Å²) in [5.41, 5.74) is 12.2. The zero-order valence-electron chi connectivity index (χ0n) is 11.4. The van der Waals surface area contributed by atoms with Gasteiger partial charge in [0.2, 0.25) is 5.91 Å². The van der Waals surface area contributed by atoms with E-state index in [9.17, 15) is 4.79 Å². The Morgan fingerprint density at radius 1 is 1.19 bits per heavy atom. The van der Waals surface area contributed by atoms with Crippen LogP contribution < -0.4 is 11.5 Å². The topological polar surface area (TPSA) is 108 Å². The molecule has 0 radical (unpaired) electrons. The van der Waals surface area contributed by atoms with E-state index in [2.05, 4.69) is 10.1 Å². The van der Waals surface area contributed by atoms with Gasteiger partial charge in [0.15, 0.2) is 5.82 Å². The molecule has 1 amide bonds. The first kappa shape index (κ1) is 15.5. The molecule has 1 aromatic heterocycles. The number of hydrogen-bond donors (Lipinski definition) is 2. The predicted molar refractivity (Wildman–Crippen MR) is 79.8 cm³/mol. The molecule has 0 aliphatic heterocycles. The van der Waals surface area contributed by atoms with Crippen molar-refractivity contribution in [3.63, 3.8) is 0 Å². The molecule has 0 spiro atoms. The van der Waals surface area contributed by atoms with Crippen molar-refractivity contribution in [2.45, 2.75) is 31.2 Å². The normalized spacial score (nSPS) is 16.4. The van der Waals surface area contributed by atoms with Crippen LogP contribution in [0, 0.1) is 0 Å². The van der Waals surface area contributed by atoms with Gasteiger partial charge in [-0.05, 0) is 37.1 Å². The Balaban J connectivity index is 0.00000161. The van der Waals surface area contributed by atoms with Crippen LogP contribution in [0.2, 0.25) is 0 Å². The van der Waals surface area contributed by atoms with Gasteiger partial charge in [0, 0.05) is 11.1 Å². The van der Waals surface area contributed by atoms with Crippen molar-refractivity contribution in [3.05, 3.63) is 35.7 Å². The van der Waals surface area contributed by atoms with Crippen molar-refractivity contribution in [2.24, 2.45) is 11.5 Å². The average Bonchev–Trinajstić information content (AvgIpc) is 3.08. The van der Waals surface area contributed by atoms with Crippen LogP contribution in [-0.2, 0) is 5.54 Å². The van der Waals surface area contributed by atoms with Crippen LogP contribution in [0.3, 0.4) is 0 Å². The summed E-state index contributed by atoms with van der Waals surface area (Å²) in [5, 5.41) is 4.00. The van der Waals surface area contributed by atoms with E-state index in [1.807, 2.05) is 0 Å². The van der Waals surface area contributed by atoms with Gasteiger partial charge < -0.3 is 16.0 Å². The summed E-state index contributed by atoms with van der Waals surface area (Å²) in [6.45, 7) is 0. The molecule has 1 saturated carbocycles. The number of aromatic nitrogens is 2. The largest absolute Gasteiger partial charge is 0.366 e. The molecular weight excluding hydrogens is 292 g/mol. The first-order valence-electron chi connectivity index (χ1n) is 6.62. The van der Waals surface area contributed by atoms with Crippen molar-refractivity contribution in [3.8, 4) is 11.5 Å². The molecule has 112 valence electrons. The minimum atomic E-state index is -0.463. The Labute approximate surface area is 128 Å². The Kier molecular flexibility index (Phi) is 4.29. The van der Waals surface area contributed by atoms with E-state index >= 15 is 0 Å². The second-order valence-electron chi connectivity index (χ2n) is 5.23.